The van der Waals surface area contributed by atoms with Crippen LogP contribution < -0.4 is 0 Å². The summed E-state index contributed by atoms with van der Waals surface area (Å²) in [4.78, 5) is 72.7. The molecule has 0 spiro atoms. The molecule has 0 aromatic rings. The van der Waals surface area contributed by atoms with Gasteiger partial charge in [-0.3, -0.25) is 37.3 Å². The van der Waals surface area contributed by atoms with E-state index in [2.05, 4.69) is 48.5 Å². The van der Waals surface area contributed by atoms with Gasteiger partial charge in [-0.15, -0.1) is 0 Å². The van der Waals surface area contributed by atoms with Crippen LogP contribution in [0.2, 0.25) is 0 Å². The average molecular weight is 1400 g/mol. The van der Waals surface area contributed by atoms with Crippen molar-refractivity contribution in [1.29, 1.82) is 0 Å². The molecular formula is C76H148O17P2. The Bertz CT molecular complexity index is 1850. The van der Waals surface area contributed by atoms with Crippen LogP contribution in [0.1, 0.15) is 389 Å². The van der Waals surface area contributed by atoms with Gasteiger partial charge in [-0.05, 0) is 43.4 Å². The second kappa shape index (κ2) is 66.6. The van der Waals surface area contributed by atoms with E-state index in [1.807, 2.05) is 0 Å². The summed E-state index contributed by atoms with van der Waals surface area (Å²) in [5.74, 6) is 0.239. The first-order valence-electron chi connectivity index (χ1n) is 39.4. The molecule has 0 bridgehead atoms. The van der Waals surface area contributed by atoms with Gasteiger partial charge >= 0.3 is 39.5 Å². The van der Waals surface area contributed by atoms with Crippen molar-refractivity contribution in [2.45, 2.75) is 407 Å². The molecule has 0 aliphatic carbocycles. The standard InChI is InChI=1S/C76H148O17P2/c1-8-10-11-12-13-36-43-50-57-73(78)86-63-71(93-76(81)60-53-46-39-32-31-35-42-49-56-69(7)9-2)65-90-94(82,83)88-61-70(77)62-89-95(84,85)91-66-72(64-87-74(79)58-51-44-37-29-26-22-24-28-34-41-48-55-68(5)6)92-75(80)59-52-45-38-30-25-21-19-17-15-14-16-18-20-23-27-33-40-47-54-67(3)4/h67-72,77H,8-66H2,1-7H3,(H,82,83)(H,84,85)/t69?,70-,71+,72+/m0/s1. The van der Waals surface area contributed by atoms with E-state index in [1.165, 1.54) is 193 Å². The number of unbranched alkanes of at least 4 members (excludes halogenated alkanes) is 41. The van der Waals surface area contributed by atoms with Gasteiger partial charge in [0.2, 0.25) is 0 Å². The van der Waals surface area contributed by atoms with Crippen molar-refractivity contribution < 1.29 is 80.2 Å². The predicted octanol–water partition coefficient (Wildman–Crippen LogP) is 22.2. The van der Waals surface area contributed by atoms with E-state index in [0.29, 0.717) is 25.7 Å². The van der Waals surface area contributed by atoms with E-state index >= 15 is 0 Å². The molecule has 0 radical (unpaired) electrons. The van der Waals surface area contributed by atoms with Crippen LogP contribution in [-0.4, -0.2) is 96.7 Å². The maximum atomic E-state index is 13.1. The predicted molar refractivity (Wildman–Crippen MR) is 386 cm³/mol. The third-order valence-corrected chi connectivity index (χ3v) is 19.9. The quantitative estimate of drug-likeness (QED) is 0.0222. The topological polar surface area (TPSA) is 237 Å². The van der Waals surface area contributed by atoms with E-state index in [9.17, 15) is 43.2 Å². The Labute approximate surface area is 581 Å². The van der Waals surface area contributed by atoms with Crippen LogP contribution in [0, 0.1) is 17.8 Å². The number of carbonyl (C=O) groups is 4. The Morgan fingerprint density at radius 2 is 0.537 bits per heavy atom. The van der Waals surface area contributed by atoms with Crippen LogP contribution in [0.5, 0.6) is 0 Å². The molecule has 3 unspecified atom stereocenters. The molecule has 0 aliphatic heterocycles. The van der Waals surface area contributed by atoms with Gasteiger partial charge in [-0.1, -0.05) is 337 Å². The van der Waals surface area contributed by atoms with Crippen molar-refractivity contribution >= 4 is 39.5 Å². The molecule has 0 saturated carbocycles. The van der Waals surface area contributed by atoms with Gasteiger partial charge in [-0.2, -0.15) is 0 Å². The van der Waals surface area contributed by atoms with Gasteiger partial charge < -0.3 is 33.8 Å². The summed E-state index contributed by atoms with van der Waals surface area (Å²) in [6.07, 6.45) is 52.8. The maximum Gasteiger partial charge on any atom is 0.472 e. The Morgan fingerprint density at radius 3 is 0.800 bits per heavy atom. The largest absolute Gasteiger partial charge is 0.472 e. The third kappa shape index (κ3) is 69.0. The summed E-state index contributed by atoms with van der Waals surface area (Å²) >= 11 is 0. The lowest BCUT2D eigenvalue weighted by atomic mass is 9.99. The molecule has 0 fully saturated rings. The van der Waals surface area contributed by atoms with Crippen molar-refractivity contribution in [1.82, 2.24) is 0 Å². The van der Waals surface area contributed by atoms with E-state index in [4.69, 9.17) is 37.0 Å². The highest BCUT2D eigenvalue weighted by Crippen LogP contribution is 2.45. The first kappa shape index (κ1) is 93.1. The zero-order chi connectivity index (χ0) is 70.1. The summed E-state index contributed by atoms with van der Waals surface area (Å²) in [6, 6.07) is 0. The molecule has 0 aromatic heterocycles. The molecule has 0 rings (SSSR count). The van der Waals surface area contributed by atoms with E-state index in [-0.39, 0.29) is 25.7 Å². The van der Waals surface area contributed by atoms with E-state index in [0.717, 1.165) is 114 Å². The third-order valence-electron chi connectivity index (χ3n) is 18.0. The summed E-state index contributed by atoms with van der Waals surface area (Å²) in [5.41, 5.74) is 0. The average Bonchev–Trinajstić information content (AvgIpc) is 1.55. The molecule has 0 heterocycles. The molecule has 0 aliphatic rings. The molecule has 0 saturated heterocycles. The lowest BCUT2D eigenvalue weighted by Crippen LogP contribution is -2.30. The normalized spacial score (nSPS) is 14.4. The first-order valence-corrected chi connectivity index (χ1v) is 42.4. The molecule has 3 N–H and O–H groups in total. The highest BCUT2D eigenvalue weighted by atomic mass is 31.2. The number of hydrogen-bond acceptors (Lipinski definition) is 15. The number of aliphatic hydroxyl groups excluding tert-OH is 1. The molecule has 0 aromatic carbocycles. The molecular weight excluding hydrogens is 1250 g/mol. The number of aliphatic hydroxyl groups is 1. The van der Waals surface area contributed by atoms with Gasteiger partial charge in [0.25, 0.3) is 0 Å². The Balaban J connectivity index is 5.19. The molecule has 6 atom stereocenters. The molecule has 564 valence electrons. The Morgan fingerprint density at radius 1 is 0.305 bits per heavy atom. The molecule has 19 heteroatoms. The minimum atomic E-state index is -4.96. The number of phosphoric ester groups is 2. The minimum absolute atomic E-state index is 0.105. The number of rotatable bonds is 74. The Hall–Kier alpha value is -1.94. The van der Waals surface area contributed by atoms with Crippen LogP contribution in [0.15, 0.2) is 0 Å². The monoisotopic (exact) mass is 1400 g/mol. The lowest BCUT2D eigenvalue weighted by Gasteiger charge is -2.21. The van der Waals surface area contributed by atoms with Crippen LogP contribution in [0.4, 0.5) is 0 Å². The number of ether oxygens (including phenoxy) is 4. The fraction of sp³-hybridized carbons (Fsp3) is 0.947. The fourth-order valence-electron chi connectivity index (χ4n) is 11.6. The highest BCUT2D eigenvalue weighted by Gasteiger charge is 2.30. The van der Waals surface area contributed by atoms with Crippen LogP contribution in [0.3, 0.4) is 0 Å². The Kier molecular flexibility index (Phi) is 65.2. The zero-order valence-corrected chi connectivity index (χ0v) is 63.9. The van der Waals surface area contributed by atoms with Crippen molar-refractivity contribution in [2.24, 2.45) is 17.8 Å². The van der Waals surface area contributed by atoms with Crippen molar-refractivity contribution in [3.63, 3.8) is 0 Å². The fourth-order valence-corrected chi connectivity index (χ4v) is 13.1. The van der Waals surface area contributed by atoms with Crippen molar-refractivity contribution in [2.75, 3.05) is 39.6 Å². The SMILES string of the molecule is CCCCCCCCCCC(=O)OC[C@H](COP(=O)(O)OC[C@H](O)COP(=O)(O)OC[C@@H](COC(=O)CCCCCCCCCCCCCC(C)C)OC(=O)CCCCCCCCCCCCCCCCCCCCC(C)C)OC(=O)CCCCCCCCCCC(C)CC. The molecule has 95 heavy (non-hydrogen) atoms. The van der Waals surface area contributed by atoms with E-state index < -0.39 is 97.5 Å². The van der Waals surface area contributed by atoms with Gasteiger partial charge in [0.15, 0.2) is 12.2 Å². The second-order valence-corrected chi connectivity index (χ2v) is 31.5. The lowest BCUT2D eigenvalue weighted by molar-refractivity contribution is -0.161. The van der Waals surface area contributed by atoms with Crippen LogP contribution in [0.25, 0.3) is 0 Å². The van der Waals surface area contributed by atoms with Gasteiger partial charge in [0.05, 0.1) is 26.4 Å². The summed E-state index contributed by atoms with van der Waals surface area (Å²) in [5, 5.41) is 10.6. The second-order valence-electron chi connectivity index (χ2n) is 28.6. The minimum Gasteiger partial charge on any atom is -0.462 e. The van der Waals surface area contributed by atoms with E-state index in [1.54, 1.807) is 0 Å². The van der Waals surface area contributed by atoms with Crippen LogP contribution >= 0.6 is 15.6 Å². The van der Waals surface area contributed by atoms with Gasteiger partial charge in [-0.25, -0.2) is 9.13 Å². The smallest absolute Gasteiger partial charge is 0.462 e. The summed E-state index contributed by atoms with van der Waals surface area (Å²) < 4.78 is 68.4. The number of carbonyl (C=O) groups excluding carboxylic acids is 4. The van der Waals surface area contributed by atoms with Crippen LogP contribution in [-0.2, 0) is 65.4 Å². The zero-order valence-electron chi connectivity index (χ0n) is 62.1. The first-order chi connectivity index (χ1) is 45.8. The van der Waals surface area contributed by atoms with Crippen molar-refractivity contribution in [3.05, 3.63) is 0 Å². The number of hydrogen-bond donors (Lipinski definition) is 3. The number of esters is 4. The molecule has 17 nitrogen and oxygen atoms in total. The summed E-state index contributed by atoms with van der Waals surface area (Å²) in [7, 11) is -9.91. The van der Waals surface area contributed by atoms with Gasteiger partial charge in [0.1, 0.15) is 19.3 Å². The van der Waals surface area contributed by atoms with Gasteiger partial charge in [0, 0.05) is 25.7 Å². The van der Waals surface area contributed by atoms with Crippen molar-refractivity contribution in [3.8, 4) is 0 Å². The molecule has 0 amide bonds. The maximum absolute atomic E-state index is 13.1. The highest BCUT2D eigenvalue weighted by molar-refractivity contribution is 7.47. The number of phosphoric acid groups is 2. The summed E-state index contributed by atoms with van der Waals surface area (Å²) in [6.45, 7) is 11.9.